The number of rotatable bonds is 6. The van der Waals surface area contributed by atoms with Crippen LogP contribution in [-0.2, 0) is 6.42 Å². The Morgan fingerprint density at radius 3 is 2.38 bits per heavy atom. The Kier molecular flexibility index (Phi) is 6.59. The molecule has 2 rings (SSSR count). The third-order valence-corrected chi connectivity index (χ3v) is 3.95. The number of anilines is 1. The van der Waals surface area contributed by atoms with E-state index in [1.54, 1.807) is 7.11 Å². The first-order chi connectivity index (χ1) is 11.7. The van der Waals surface area contributed by atoms with Gasteiger partial charge in [-0.1, -0.05) is 31.2 Å². The molecule has 0 heterocycles. The Morgan fingerprint density at radius 2 is 1.83 bits per heavy atom. The van der Waals surface area contributed by atoms with Gasteiger partial charge in [0.15, 0.2) is 5.11 Å². The van der Waals surface area contributed by atoms with Crippen molar-refractivity contribution < 1.29 is 4.74 Å². The van der Waals surface area contributed by atoms with E-state index < -0.39 is 0 Å². The quantitative estimate of drug-likeness (QED) is 0.773. The second kappa shape index (κ2) is 8.90. The topological polar surface area (TPSA) is 57.1 Å². The third kappa shape index (κ3) is 4.97. The third-order valence-electron chi connectivity index (χ3n) is 3.73. The number of hydrogen-bond acceptors (Lipinski definition) is 3. The predicted molar refractivity (Wildman–Crippen MR) is 101 cm³/mol. The van der Waals surface area contributed by atoms with Gasteiger partial charge in [0.1, 0.15) is 5.75 Å². The minimum Gasteiger partial charge on any atom is -0.497 e. The number of benzene rings is 2. The first-order valence-corrected chi connectivity index (χ1v) is 8.24. The summed E-state index contributed by atoms with van der Waals surface area (Å²) in [6, 6.07) is 18.0. The van der Waals surface area contributed by atoms with E-state index in [0.717, 1.165) is 29.0 Å². The normalized spacial score (nSPS) is 11.2. The van der Waals surface area contributed by atoms with Crippen LogP contribution in [-0.4, -0.2) is 12.2 Å². The van der Waals surface area contributed by atoms with E-state index in [1.807, 2.05) is 48.5 Å². The molecule has 0 saturated carbocycles. The van der Waals surface area contributed by atoms with Crippen molar-refractivity contribution in [2.75, 3.05) is 12.4 Å². The van der Waals surface area contributed by atoms with Gasteiger partial charge in [0, 0.05) is 5.69 Å². The smallest absolute Gasteiger partial charge is 0.171 e. The lowest BCUT2D eigenvalue weighted by atomic mass is 10.0. The summed E-state index contributed by atoms with van der Waals surface area (Å²) in [4.78, 5) is 0. The fourth-order valence-electron chi connectivity index (χ4n) is 2.38. The van der Waals surface area contributed by atoms with Crippen molar-refractivity contribution in [3.63, 3.8) is 0 Å². The summed E-state index contributed by atoms with van der Waals surface area (Å²) in [7, 11) is 1.66. The zero-order valence-corrected chi connectivity index (χ0v) is 14.7. The molecule has 5 heteroatoms. The van der Waals surface area contributed by atoms with E-state index in [0.29, 0.717) is 11.5 Å². The fourth-order valence-corrected chi connectivity index (χ4v) is 2.64. The lowest BCUT2D eigenvalue weighted by Gasteiger charge is -2.20. The SMILES string of the molecule is CC[C@H](NC(=S)Nc1ccc(CC#N)cc1)c1ccc(OC)cc1. The van der Waals surface area contributed by atoms with Crippen molar-refractivity contribution in [2.24, 2.45) is 0 Å². The van der Waals surface area contributed by atoms with Gasteiger partial charge in [0.05, 0.1) is 25.6 Å². The highest BCUT2D eigenvalue weighted by molar-refractivity contribution is 7.80. The number of nitrogens with one attached hydrogen (secondary N) is 2. The largest absolute Gasteiger partial charge is 0.497 e. The van der Waals surface area contributed by atoms with Crippen LogP contribution in [0.4, 0.5) is 5.69 Å². The summed E-state index contributed by atoms with van der Waals surface area (Å²) in [5, 5.41) is 15.8. The fraction of sp³-hybridized carbons (Fsp3) is 0.263. The maximum Gasteiger partial charge on any atom is 0.171 e. The van der Waals surface area contributed by atoms with Gasteiger partial charge in [-0.15, -0.1) is 0 Å². The minimum atomic E-state index is 0.133. The molecule has 0 radical (unpaired) electrons. The van der Waals surface area contributed by atoms with Gasteiger partial charge >= 0.3 is 0 Å². The van der Waals surface area contributed by atoms with Crippen molar-refractivity contribution in [1.82, 2.24) is 5.32 Å². The highest BCUT2D eigenvalue weighted by Crippen LogP contribution is 2.20. The molecule has 2 aromatic rings. The van der Waals surface area contributed by atoms with E-state index in [-0.39, 0.29) is 6.04 Å². The van der Waals surface area contributed by atoms with E-state index >= 15 is 0 Å². The highest BCUT2D eigenvalue weighted by Gasteiger charge is 2.11. The number of methoxy groups -OCH3 is 1. The van der Waals surface area contributed by atoms with Gasteiger partial charge < -0.3 is 15.4 Å². The Labute approximate surface area is 148 Å². The maximum atomic E-state index is 8.70. The van der Waals surface area contributed by atoms with Crippen LogP contribution in [0, 0.1) is 11.3 Å². The van der Waals surface area contributed by atoms with Crippen LogP contribution >= 0.6 is 12.2 Å². The molecule has 24 heavy (non-hydrogen) atoms. The molecule has 0 saturated heterocycles. The van der Waals surface area contributed by atoms with E-state index in [4.69, 9.17) is 22.2 Å². The van der Waals surface area contributed by atoms with Crippen LogP contribution in [0.1, 0.15) is 30.5 Å². The lowest BCUT2D eigenvalue weighted by Crippen LogP contribution is -2.32. The second-order valence-corrected chi connectivity index (χ2v) is 5.77. The highest BCUT2D eigenvalue weighted by atomic mass is 32.1. The summed E-state index contributed by atoms with van der Waals surface area (Å²) in [5.74, 6) is 0.840. The van der Waals surface area contributed by atoms with Crippen molar-refractivity contribution in [2.45, 2.75) is 25.8 Å². The Balaban J connectivity index is 1.97. The Hall–Kier alpha value is -2.58. The van der Waals surface area contributed by atoms with Crippen LogP contribution in [0.5, 0.6) is 5.75 Å². The molecule has 0 amide bonds. The monoisotopic (exact) mass is 339 g/mol. The lowest BCUT2D eigenvalue weighted by molar-refractivity contribution is 0.414. The van der Waals surface area contributed by atoms with E-state index in [1.165, 1.54) is 0 Å². The van der Waals surface area contributed by atoms with Crippen molar-refractivity contribution in [1.29, 1.82) is 5.26 Å². The molecular weight excluding hydrogens is 318 g/mol. The van der Waals surface area contributed by atoms with Gasteiger partial charge in [0.25, 0.3) is 0 Å². The molecular formula is C19H21N3OS. The Morgan fingerprint density at radius 1 is 1.17 bits per heavy atom. The van der Waals surface area contributed by atoms with Crippen molar-refractivity contribution in [3.8, 4) is 11.8 Å². The van der Waals surface area contributed by atoms with Gasteiger partial charge in [-0.05, 0) is 54.0 Å². The zero-order valence-electron chi connectivity index (χ0n) is 13.9. The molecule has 0 aromatic heterocycles. The summed E-state index contributed by atoms with van der Waals surface area (Å²) in [6.07, 6.45) is 1.33. The van der Waals surface area contributed by atoms with Crippen LogP contribution in [0.2, 0.25) is 0 Å². The molecule has 0 unspecified atom stereocenters. The molecule has 4 nitrogen and oxygen atoms in total. The van der Waals surface area contributed by atoms with Crippen LogP contribution in [0.3, 0.4) is 0 Å². The van der Waals surface area contributed by atoms with Gasteiger partial charge in [-0.25, -0.2) is 0 Å². The maximum absolute atomic E-state index is 8.70. The molecule has 1 atom stereocenters. The van der Waals surface area contributed by atoms with Crippen LogP contribution < -0.4 is 15.4 Å². The van der Waals surface area contributed by atoms with Crippen molar-refractivity contribution >= 4 is 23.0 Å². The zero-order chi connectivity index (χ0) is 17.4. The van der Waals surface area contributed by atoms with Crippen LogP contribution in [0.25, 0.3) is 0 Å². The molecule has 0 aliphatic heterocycles. The Bertz CT molecular complexity index is 705. The van der Waals surface area contributed by atoms with Gasteiger partial charge in [-0.2, -0.15) is 5.26 Å². The first kappa shape index (κ1) is 17.8. The summed E-state index contributed by atoms with van der Waals surface area (Å²) < 4.78 is 5.19. The molecule has 0 aliphatic carbocycles. The minimum absolute atomic E-state index is 0.133. The standard InChI is InChI=1S/C19H21N3OS/c1-3-18(15-6-10-17(23-2)11-7-15)22-19(24)21-16-8-4-14(5-9-16)12-13-20/h4-11,18H,3,12H2,1-2H3,(H2,21,22,24)/t18-/m0/s1. The molecule has 0 fully saturated rings. The van der Waals surface area contributed by atoms with Gasteiger partial charge in [0.2, 0.25) is 0 Å². The second-order valence-electron chi connectivity index (χ2n) is 5.36. The number of thiocarbonyl (C=S) groups is 1. The summed E-state index contributed by atoms with van der Waals surface area (Å²) in [6.45, 7) is 2.11. The van der Waals surface area contributed by atoms with Crippen molar-refractivity contribution in [3.05, 3.63) is 59.7 Å². The predicted octanol–water partition coefficient (Wildman–Crippen LogP) is 4.20. The molecule has 2 N–H and O–H groups in total. The number of hydrogen-bond donors (Lipinski definition) is 2. The molecule has 124 valence electrons. The van der Waals surface area contributed by atoms with Crippen LogP contribution in [0.15, 0.2) is 48.5 Å². The molecule has 0 bridgehead atoms. The molecule has 0 aliphatic rings. The van der Waals surface area contributed by atoms with Gasteiger partial charge in [-0.3, -0.25) is 0 Å². The summed E-state index contributed by atoms with van der Waals surface area (Å²) >= 11 is 5.41. The number of ether oxygens (including phenoxy) is 1. The van der Waals surface area contributed by atoms with E-state index in [9.17, 15) is 0 Å². The average Bonchev–Trinajstić information content (AvgIpc) is 2.62. The molecule has 0 spiro atoms. The first-order valence-electron chi connectivity index (χ1n) is 7.83. The number of nitrogens with zero attached hydrogens (tertiary/aromatic N) is 1. The molecule has 2 aromatic carbocycles. The van der Waals surface area contributed by atoms with E-state index in [2.05, 4.69) is 23.6 Å². The summed E-state index contributed by atoms with van der Waals surface area (Å²) in [5.41, 5.74) is 3.05. The average molecular weight is 339 g/mol. The number of nitriles is 1.